The summed E-state index contributed by atoms with van der Waals surface area (Å²) in [6.07, 6.45) is 1.01. The van der Waals surface area contributed by atoms with Gasteiger partial charge in [-0.05, 0) is 53.8 Å². The molecule has 2 aromatic rings. The van der Waals surface area contributed by atoms with Crippen molar-refractivity contribution < 1.29 is 4.79 Å². The number of piperidine rings is 1. The molecule has 0 radical (unpaired) electrons. The highest BCUT2D eigenvalue weighted by molar-refractivity contribution is 6.30. The molecular weight excluding hydrogens is 381 g/mol. The van der Waals surface area contributed by atoms with Crippen molar-refractivity contribution in [2.24, 2.45) is 11.1 Å². The molecule has 2 aromatic carbocycles. The first kappa shape index (κ1) is 21.7. The zero-order chi connectivity index (χ0) is 18.7. The molecule has 1 saturated heterocycles. The molecule has 1 aliphatic heterocycles. The number of nitrogens with two attached hydrogens (primary N) is 1. The van der Waals surface area contributed by atoms with Crippen molar-refractivity contribution in [2.45, 2.75) is 32.9 Å². The minimum absolute atomic E-state index is 0. The first-order chi connectivity index (χ1) is 12.3. The molecule has 1 amide bonds. The zero-order valence-electron chi connectivity index (χ0n) is 15.7. The second-order valence-electron chi connectivity index (χ2n) is 7.76. The molecule has 1 unspecified atom stereocenters. The molecule has 146 valence electrons. The summed E-state index contributed by atoms with van der Waals surface area (Å²) < 4.78 is 0. The number of benzene rings is 2. The monoisotopic (exact) mass is 407 g/mol. The van der Waals surface area contributed by atoms with E-state index in [1.165, 1.54) is 5.56 Å². The number of rotatable bonds is 4. The summed E-state index contributed by atoms with van der Waals surface area (Å²) >= 11 is 5.87. The number of halogens is 2. The molecular formula is C21H27Cl2N3O. The van der Waals surface area contributed by atoms with Gasteiger partial charge in [-0.3, -0.25) is 9.69 Å². The van der Waals surface area contributed by atoms with E-state index in [0.717, 1.165) is 31.7 Å². The molecule has 27 heavy (non-hydrogen) atoms. The van der Waals surface area contributed by atoms with E-state index in [2.05, 4.69) is 30.1 Å². The average Bonchev–Trinajstić information content (AvgIpc) is 2.59. The summed E-state index contributed by atoms with van der Waals surface area (Å²) in [6, 6.07) is 15.2. The SMILES string of the molecule is CC1(C)CN(Cc2cccc(NC(=O)c3ccc(Cl)cc3)c2)CCC1N.Cl. The Kier molecular flexibility index (Phi) is 7.29. The van der Waals surface area contributed by atoms with Crippen LogP contribution in [0.1, 0.15) is 36.2 Å². The number of carbonyl (C=O) groups excluding carboxylic acids is 1. The Bertz CT molecular complexity index is 777. The second-order valence-corrected chi connectivity index (χ2v) is 8.19. The second kappa shape index (κ2) is 9.07. The van der Waals surface area contributed by atoms with Crippen molar-refractivity contribution in [1.82, 2.24) is 4.90 Å². The summed E-state index contributed by atoms with van der Waals surface area (Å²) in [7, 11) is 0. The Morgan fingerprint density at radius 1 is 1.26 bits per heavy atom. The maximum Gasteiger partial charge on any atom is 0.255 e. The third-order valence-corrected chi connectivity index (χ3v) is 5.34. The molecule has 1 heterocycles. The fourth-order valence-corrected chi connectivity index (χ4v) is 3.56. The lowest BCUT2D eigenvalue weighted by Gasteiger charge is -2.42. The van der Waals surface area contributed by atoms with Gasteiger partial charge in [0.1, 0.15) is 0 Å². The Hall–Kier alpha value is -1.59. The van der Waals surface area contributed by atoms with Gasteiger partial charge in [-0.15, -0.1) is 12.4 Å². The maximum absolute atomic E-state index is 12.4. The molecule has 1 aliphatic rings. The maximum atomic E-state index is 12.4. The summed E-state index contributed by atoms with van der Waals surface area (Å²) in [5.74, 6) is -0.135. The number of carbonyl (C=O) groups is 1. The molecule has 0 aromatic heterocycles. The van der Waals surface area contributed by atoms with E-state index in [1.54, 1.807) is 24.3 Å². The van der Waals surface area contributed by atoms with E-state index in [9.17, 15) is 4.79 Å². The Balaban J connectivity index is 0.00000261. The van der Waals surface area contributed by atoms with Crippen molar-refractivity contribution in [3.05, 3.63) is 64.7 Å². The minimum atomic E-state index is -0.135. The molecule has 0 spiro atoms. The number of hydrogen-bond acceptors (Lipinski definition) is 3. The lowest BCUT2D eigenvalue weighted by molar-refractivity contribution is 0.0899. The van der Waals surface area contributed by atoms with Crippen LogP contribution in [0, 0.1) is 5.41 Å². The number of hydrogen-bond donors (Lipinski definition) is 2. The molecule has 0 saturated carbocycles. The summed E-state index contributed by atoms with van der Waals surface area (Å²) in [6.45, 7) is 7.31. The Morgan fingerprint density at radius 3 is 2.63 bits per heavy atom. The smallest absolute Gasteiger partial charge is 0.255 e. The van der Waals surface area contributed by atoms with Gasteiger partial charge in [-0.2, -0.15) is 0 Å². The van der Waals surface area contributed by atoms with Gasteiger partial charge in [0.15, 0.2) is 0 Å². The topological polar surface area (TPSA) is 58.4 Å². The fourth-order valence-electron chi connectivity index (χ4n) is 3.43. The van der Waals surface area contributed by atoms with E-state index in [-0.39, 0.29) is 29.8 Å². The van der Waals surface area contributed by atoms with Gasteiger partial charge in [-0.25, -0.2) is 0 Å². The molecule has 1 fully saturated rings. The van der Waals surface area contributed by atoms with Crippen LogP contribution in [-0.4, -0.2) is 29.9 Å². The highest BCUT2D eigenvalue weighted by Crippen LogP contribution is 2.28. The molecule has 0 bridgehead atoms. The van der Waals surface area contributed by atoms with Crippen LogP contribution in [0.4, 0.5) is 5.69 Å². The number of nitrogens with zero attached hydrogens (tertiary/aromatic N) is 1. The normalized spacial score (nSPS) is 19.2. The van der Waals surface area contributed by atoms with Crippen molar-refractivity contribution in [1.29, 1.82) is 0 Å². The van der Waals surface area contributed by atoms with Crippen molar-refractivity contribution in [2.75, 3.05) is 18.4 Å². The van der Waals surface area contributed by atoms with Crippen LogP contribution in [0.25, 0.3) is 0 Å². The lowest BCUT2D eigenvalue weighted by Crippen LogP contribution is -2.52. The minimum Gasteiger partial charge on any atom is -0.327 e. The fraction of sp³-hybridized carbons (Fsp3) is 0.381. The van der Waals surface area contributed by atoms with Gasteiger partial charge >= 0.3 is 0 Å². The van der Waals surface area contributed by atoms with Gasteiger partial charge in [0, 0.05) is 41.9 Å². The first-order valence-electron chi connectivity index (χ1n) is 8.97. The van der Waals surface area contributed by atoms with Gasteiger partial charge in [0.25, 0.3) is 5.91 Å². The zero-order valence-corrected chi connectivity index (χ0v) is 17.3. The quantitative estimate of drug-likeness (QED) is 0.779. The van der Waals surface area contributed by atoms with Gasteiger partial charge < -0.3 is 11.1 Å². The van der Waals surface area contributed by atoms with E-state index in [4.69, 9.17) is 17.3 Å². The van der Waals surface area contributed by atoms with E-state index < -0.39 is 0 Å². The first-order valence-corrected chi connectivity index (χ1v) is 9.35. The summed E-state index contributed by atoms with van der Waals surface area (Å²) in [5, 5.41) is 3.58. The number of amides is 1. The van der Waals surface area contributed by atoms with Crippen molar-refractivity contribution >= 4 is 35.6 Å². The highest BCUT2D eigenvalue weighted by atomic mass is 35.5. The molecule has 4 nitrogen and oxygen atoms in total. The average molecular weight is 408 g/mol. The Labute approximate surface area is 172 Å². The van der Waals surface area contributed by atoms with Crippen LogP contribution >= 0.6 is 24.0 Å². The lowest BCUT2D eigenvalue weighted by atomic mass is 9.79. The summed E-state index contributed by atoms with van der Waals surface area (Å²) in [4.78, 5) is 14.8. The number of nitrogens with one attached hydrogen (secondary N) is 1. The van der Waals surface area contributed by atoms with Crippen molar-refractivity contribution in [3.63, 3.8) is 0 Å². The standard InChI is InChI=1S/C21H26ClN3O.ClH/c1-21(2)14-25(11-10-19(21)23)13-15-4-3-5-18(12-15)24-20(26)16-6-8-17(22)9-7-16;/h3-9,12,19H,10-11,13-14,23H2,1-2H3,(H,24,26);1H. The van der Waals surface area contributed by atoms with Crippen LogP contribution in [-0.2, 0) is 6.54 Å². The van der Waals surface area contributed by atoms with Gasteiger partial charge in [-0.1, -0.05) is 37.6 Å². The van der Waals surface area contributed by atoms with E-state index in [1.807, 2.05) is 18.2 Å². The number of likely N-dealkylation sites (tertiary alicyclic amines) is 1. The van der Waals surface area contributed by atoms with Gasteiger partial charge in [0.05, 0.1) is 0 Å². The largest absolute Gasteiger partial charge is 0.327 e. The predicted octanol–water partition coefficient (Wildman–Crippen LogP) is 4.57. The third-order valence-electron chi connectivity index (χ3n) is 5.09. The van der Waals surface area contributed by atoms with Gasteiger partial charge in [0.2, 0.25) is 0 Å². The molecule has 6 heteroatoms. The predicted molar refractivity (Wildman–Crippen MR) is 115 cm³/mol. The molecule has 3 rings (SSSR count). The van der Waals surface area contributed by atoms with E-state index in [0.29, 0.717) is 10.6 Å². The van der Waals surface area contributed by atoms with Crippen LogP contribution < -0.4 is 11.1 Å². The molecule has 1 atom stereocenters. The van der Waals surface area contributed by atoms with E-state index >= 15 is 0 Å². The summed E-state index contributed by atoms with van der Waals surface area (Å²) in [5.41, 5.74) is 8.93. The number of anilines is 1. The van der Waals surface area contributed by atoms with Crippen LogP contribution in [0.2, 0.25) is 5.02 Å². The van der Waals surface area contributed by atoms with Crippen LogP contribution in [0.15, 0.2) is 48.5 Å². The van der Waals surface area contributed by atoms with Crippen LogP contribution in [0.3, 0.4) is 0 Å². The van der Waals surface area contributed by atoms with Crippen LogP contribution in [0.5, 0.6) is 0 Å². The molecule has 3 N–H and O–H groups in total. The Morgan fingerprint density at radius 2 is 1.96 bits per heavy atom. The highest BCUT2D eigenvalue weighted by Gasteiger charge is 2.33. The molecule has 0 aliphatic carbocycles. The third kappa shape index (κ3) is 5.69. The van der Waals surface area contributed by atoms with Crippen molar-refractivity contribution in [3.8, 4) is 0 Å².